The molecule has 1 aromatic carbocycles. The summed E-state index contributed by atoms with van der Waals surface area (Å²) in [5, 5.41) is 10.7. The van der Waals surface area contributed by atoms with Crippen LogP contribution in [0.5, 0.6) is 0 Å². The Hall–Kier alpha value is -1.87. The standard InChI is InChI=1S/C19H21ClN4O2S2/c20-18-7-6-15(27-18)13-21-19-12-17(22-23-19)14-8-10-24(11-9-14)28(25,26)16-4-2-1-3-5-16/h1-7,12,14H,8-11,13H2,(H2,21,22,23). The first-order chi connectivity index (χ1) is 13.5. The highest BCUT2D eigenvalue weighted by Gasteiger charge is 2.30. The SMILES string of the molecule is O=S(=O)(c1ccccc1)N1CCC(c2cc(NCc3ccc(Cl)s3)n[nH]2)CC1. The summed E-state index contributed by atoms with van der Waals surface area (Å²) in [6.45, 7) is 1.70. The Balaban J connectivity index is 1.34. The molecule has 0 amide bonds. The third-order valence-corrected chi connectivity index (χ3v) is 8.09. The molecule has 0 unspecified atom stereocenters. The number of hydrogen-bond donors (Lipinski definition) is 2. The highest BCUT2D eigenvalue weighted by molar-refractivity contribution is 7.89. The van der Waals surface area contributed by atoms with Gasteiger partial charge in [0.15, 0.2) is 0 Å². The first-order valence-electron chi connectivity index (χ1n) is 9.11. The number of nitrogens with zero attached hydrogens (tertiary/aromatic N) is 2. The van der Waals surface area contributed by atoms with E-state index in [4.69, 9.17) is 11.6 Å². The van der Waals surface area contributed by atoms with E-state index in [2.05, 4.69) is 15.5 Å². The summed E-state index contributed by atoms with van der Waals surface area (Å²) < 4.78 is 27.8. The van der Waals surface area contributed by atoms with Crippen LogP contribution in [-0.2, 0) is 16.6 Å². The Kier molecular flexibility index (Phi) is 5.73. The number of aromatic nitrogens is 2. The van der Waals surface area contributed by atoms with Crippen molar-refractivity contribution in [2.24, 2.45) is 0 Å². The predicted molar refractivity (Wildman–Crippen MR) is 112 cm³/mol. The van der Waals surface area contributed by atoms with Gasteiger partial charge in [0.25, 0.3) is 0 Å². The fourth-order valence-electron chi connectivity index (χ4n) is 3.41. The Morgan fingerprint density at radius 2 is 1.93 bits per heavy atom. The molecule has 148 valence electrons. The average molecular weight is 437 g/mol. The molecule has 1 fully saturated rings. The normalized spacial score (nSPS) is 16.3. The zero-order valence-electron chi connectivity index (χ0n) is 15.1. The van der Waals surface area contributed by atoms with Crippen LogP contribution in [0.15, 0.2) is 53.4 Å². The maximum atomic E-state index is 12.7. The maximum Gasteiger partial charge on any atom is 0.243 e. The number of thiophene rings is 1. The van der Waals surface area contributed by atoms with E-state index in [9.17, 15) is 8.42 Å². The minimum Gasteiger partial charge on any atom is -0.364 e. The number of benzene rings is 1. The molecule has 6 nitrogen and oxygen atoms in total. The zero-order valence-corrected chi connectivity index (χ0v) is 17.5. The van der Waals surface area contributed by atoms with Gasteiger partial charge in [0.2, 0.25) is 10.0 Å². The lowest BCUT2D eigenvalue weighted by Gasteiger charge is -2.30. The van der Waals surface area contributed by atoms with Crippen LogP contribution in [0, 0.1) is 0 Å². The lowest BCUT2D eigenvalue weighted by Crippen LogP contribution is -2.37. The molecular weight excluding hydrogens is 416 g/mol. The van der Waals surface area contributed by atoms with E-state index in [1.165, 1.54) is 0 Å². The predicted octanol–water partition coefficient (Wildman–Crippen LogP) is 4.31. The molecule has 0 radical (unpaired) electrons. The minimum atomic E-state index is -3.41. The first kappa shape index (κ1) is 19.4. The third-order valence-electron chi connectivity index (χ3n) is 4.95. The molecule has 4 rings (SSSR count). The van der Waals surface area contributed by atoms with Crippen LogP contribution in [-0.4, -0.2) is 36.0 Å². The van der Waals surface area contributed by atoms with Gasteiger partial charge in [0.05, 0.1) is 15.8 Å². The van der Waals surface area contributed by atoms with Crippen LogP contribution in [0.3, 0.4) is 0 Å². The summed E-state index contributed by atoms with van der Waals surface area (Å²) in [6.07, 6.45) is 1.54. The number of rotatable bonds is 6. The van der Waals surface area contributed by atoms with Crippen LogP contribution in [0.4, 0.5) is 5.82 Å². The van der Waals surface area contributed by atoms with Crippen LogP contribution in [0.1, 0.15) is 29.3 Å². The monoisotopic (exact) mass is 436 g/mol. The van der Waals surface area contributed by atoms with E-state index in [0.29, 0.717) is 24.5 Å². The van der Waals surface area contributed by atoms with E-state index >= 15 is 0 Å². The molecule has 0 spiro atoms. The molecule has 2 N–H and O–H groups in total. The summed E-state index contributed by atoms with van der Waals surface area (Å²) in [5.74, 6) is 1.07. The van der Waals surface area contributed by atoms with E-state index in [1.54, 1.807) is 39.9 Å². The number of nitrogens with one attached hydrogen (secondary N) is 2. The van der Waals surface area contributed by atoms with Crippen molar-refractivity contribution >= 4 is 38.8 Å². The largest absolute Gasteiger partial charge is 0.364 e. The van der Waals surface area contributed by atoms with Crippen LogP contribution in [0.25, 0.3) is 0 Å². The fraction of sp³-hybridized carbons (Fsp3) is 0.316. The summed E-state index contributed by atoms with van der Waals surface area (Å²) in [7, 11) is -3.41. The Bertz CT molecular complexity index is 1030. The first-order valence-corrected chi connectivity index (χ1v) is 11.7. The maximum absolute atomic E-state index is 12.7. The molecule has 0 aliphatic carbocycles. The molecule has 28 heavy (non-hydrogen) atoms. The second kappa shape index (κ2) is 8.24. The number of halogens is 1. The Labute approximate surface area is 173 Å². The van der Waals surface area contributed by atoms with Gasteiger partial charge in [0.1, 0.15) is 5.82 Å². The van der Waals surface area contributed by atoms with Gasteiger partial charge >= 0.3 is 0 Å². The van der Waals surface area contributed by atoms with Crippen molar-refractivity contribution in [3.05, 3.63) is 63.4 Å². The number of anilines is 1. The number of sulfonamides is 1. The summed E-state index contributed by atoms with van der Waals surface area (Å²) in [4.78, 5) is 1.50. The molecule has 1 aliphatic heterocycles. The van der Waals surface area contributed by atoms with Gasteiger partial charge in [-0.2, -0.15) is 9.40 Å². The zero-order chi connectivity index (χ0) is 19.6. The van der Waals surface area contributed by atoms with Crippen molar-refractivity contribution in [1.29, 1.82) is 0 Å². The van der Waals surface area contributed by atoms with E-state index < -0.39 is 10.0 Å². The second-order valence-corrected chi connectivity index (χ2v) is 10.5. The molecular formula is C19H21ClN4O2S2. The van der Waals surface area contributed by atoms with Gasteiger partial charge in [-0.1, -0.05) is 29.8 Å². The van der Waals surface area contributed by atoms with Crippen LogP contribution in [0.2, 0.25) is 4.34 Å². The molecule has 9 heteroatoms. The van der Waals surface area contributed by atoms with Gasteiger partial charge < -0.3 is 5.32 Å². The van der Waals surface area contributed by atoms with Crippen molar-refractivity contribution in [3.8, 4) is 0 Å². The van der Waals surface area contributed by atoms with Crippen LogP contribution < -0.4 is 5.32 Å². The van der Waals surface area contributed by atoms with Gasteiger partial charge in [-0.05, 0) is 37.1 Å². The molecule has 1 aliphatic rings. The van der Waals surface area contributed by atoms with Crippen molar-refractivity contribution < 1.29 is 8.42 Å². The number of hydrogen-bond acceptors (Lipinski definition) is 5. The minimum absolute atomic E-state index is 0.279. The summed E-state index contributed by atoms with van der Waals surface area (Å²) in [6, 6.07) is 14.5. The fourth-order valence-corrected chi connectivity index (χ4v) is 5.93. The number of H-pyrrole nitrogens is 1. The van der Waals surface area contributed by atoms with Crippen molar-refractivity contribution in [3.63, 3.8) is 0 Å². The van der Waals surface area contributed by atoms with Gasteiger partial charge in [-0.15, -0.1) is 11.3 Å². The lowest BCUT2D eigenvalue weighted by molar-refractivity contribution is 0.316. The Morgan fingerprint density at radius 1 is 1.18 bits per heavy atom. The van der Waals surface area contributed by atoms with E-state index in [0.717, 1.165) is 33.6 Å². The van der Waals surface area contributed by atoms with E-state index in [-0.39, 0.29) is 5.92 Å². The topological polar surface area (TPSA) is 78.1 Å². The van der Waals surface area contributed by atoms with Crippen molar-refractivity contribution in [1.82, 2.24) is 14.5 Å². The van der Waals surface area contributed by atoms with Gasteiger partial charge in [0, 0.05) is 35.6 Å². The lowest BCUT2D eigenvalue weighted by atomic mass is 9.95. The highest BCUT2D eigenvalue weighted by atomic mass is 35.5. The molecule has 0 saturated carbocycles. The number of piperidine rings is 1. The molecule has 1 saturated heterocycles. The van der Waals surface area contributed by atoms with Crippen molar-refractivity contribution in [2.75, 3.05) is 18.4 Å². The third kappa shape index (κ3) is 4.25. The molecule has 0 bridgehead atoms. The number of aromatic amines is 1. The van der Waals surface area contributed by atoms with Crippen molar-refractivity contribution in [2.45, 2.75) is 30.2 Å². The molecule has 0 atom stereocenters. The molecule has 2 aromatic heterocycles. The summed E-state index contributed by atoms with van der Waals surface area (Å²) >= 11 is 7.50. The second-order valence-electron chi connectivity index (χ2n) is 6.76. The average Bonchev–Trinajstić information content (AvgIpc) is 3.36. The molecule has 3 heterocycles. The van der Waals surface area contributed by atoms with Crippen LogP contribution >= 0.6 is 22.9 Å². The van der Waals surface area contributed by atoms with E-state index in [1.807, 2.05) is 24.3 Å². The van der Waals surface area contributed by atoms with Gasteiger partial charge in [-0.25, -0.2) is 8.42 Å². The smallest absolute Gasteiger partial charge is 0.243 e. The molecule has 3 aromatic rings. The Morgan fingerprint density at radius 3 is 2.61 bits per heavy atom. The quantitative estimate of drug-likeness (QED) is 0.603. The van der Waals surface area contributed by atoms with Gasteiger partial charge in [-0.3, -0.25) is 5.10 Å². The highest BCUT2D eigenvalue weighted by Crippen LogP contribution is 2.31. The summed E-state index contributed by atoms with van der Waals surface area (Å²) in [5.41, 5.74) is 1.04.